The first-order valence-corrected chi connectivity index (χ1v) is 18.2. The number of carboxylic acid groups (broad SMARTS) is 3. The molecule has 3 amide bonds. The van der Waals surface area contributed by atoms with Gasteiger partial charge in [0, 0.05) is 58.2 Å². The summed E-state index contributed by atoms with van der Waals surface area (Å²) in [6.07, 6.45) is 3.91. The molecule has 0 aliphatic heterocycles. The number of hydrogen-bond acceptors (Lipinski definition) is 12. The number of unbranched alkanes of at least 4 members (excludes halogenated alkanes) is 3. The molecule has 2 atom stereocenters. The number of carbonyl (C=O) groups excluding carboxylic acids is 5. The summed E-state index contributed by atoms with van der Waals surface area (Å²) < 4.78 is 21.2. The van der Waals surface area contributed by atoms with E-state index in [9.17, 15) is 48.6 Å². The number of ketones is 2. The van der Waals surface area contributed by atoms with Crippen LogP contribution >= 0.6 is 0 Å². The van der Waals surface area contributed by atoms with E-state index in [1.54, 1.807) is 6.92 Å². The first kappa shape index (κ1) is 49.0. The summed E-state index contributed by atoms with van der Waals surface area (Å²) in [5, 5.41) is 35.1. The molecule has 18 heteroatoms. The minimum atomic E-state index is -1.15. The fourth-order valence-electron chi connectivity index (χ4n) is 4.68. The van der Waals surface area contributed by atoms with Crippen molar-refractivity contribution in [2.24, 2.45) is 5.92 Å². The van der Waals surface area contributed by atoms with Crippen LogP contribution in [-0.4, -0.2) is 135 Å². The Hall–Kier alpha value is -4.00. The minimum Gasteiger partial charge on any atom is -0.481 e. The molecule has 0 aromatic carbocycles. The van der Waals surface area contributed by atoms with Gasteiger partial charge in [-0.25, -0.2) is 4.79 Å². The zero-order valence-corrected chi connectivity index (χ0v) is 30.9. The van der Waals surface area contributed by atoms with Crippen LogP contribution in [0.5, 0.6) is 0 Å². The highest BCUT2D eigenvalue weighted by molar-refractivity contribution is 5.85. The molecule has 0 spiro atoms. The Balaban J connectivity index is 3.78. The fourth-order valence-corrected chi connectivity index (χ4v) is 4.68. The number of ether oxygens (including phenoxy) is 4. The highest BCUT2D eigenvalue weighted by atomic mass is 16.5. The van der Waals surface area contributed by atoms with Crippen molar-refractivity contribution in [3.8, 4) is 0 Å². The SMILES string of the molecule is CCC(=O)NCCCCC(NC(=O)COCCOCCCC(=O)COCCOCCNC(=O)CCC(CC(=O)CCCCCC(=O)O)C(=O)O)C(=O)O. The second-order valence-corrected chi connectivity index (χ2v) is 12.3. The van der Waals surface area contributed by atoms with E-state index in [-0.39, 0.29) is 121 Å². The van der Waals surface area contributed by atoms with Crippen molar-refractivity contribution < 1.29 is 72.6 Å². The third-order valence-corrected chi connectivity index (χ3v) is 7.64. The van der Waals surface area contributed by atoms with Crippen molar-refractivity contribution in [1.82, 2.24) is 16.0 Å². The van der Waals surface area contributed by atoms with Gasteiger partial charge in [0.05, 0.1) is 39.0 Å². The van der Waals surface area contributed by atoms with Crippen molar-refractivity contribution >= 4 is 47.2 Å². The van der Waals surface area contributed by atoms with Crippen LogP contribution < -0.4 is 16.0 Å². The molecular formula is C35H59N3O15. The summed E-state index contributed by atoms with van der Waals surface area (Å²) >= 11 is 0. The van der Waals surface area contributed by atoms with Crippen molar-refractivity contribution in [2.45, 2.75) is 103 Å². The van der Waals surface area contributed by atoms with Gasteiger partial charge in [0.2, 0.25) is 17.7 Å². The van der Waals surface area contributed by atoms with E-state index in [2.05, 4.69) is 16.0 Å². The maximum atomic E-state index is 12.1. The molecule has 0 saturated carbocycles. The van der Waals surface area contributed by atoms with Gasteiger partial charge in [-0.3, -0.25) is 33.6 Å². The summed E-state index contributed by atoms with van der Waals surface area (Å²) in [6, 6.07) is -1.05. The Kier molecular flexibility index (Phi) is 30.2. The van der Waals surface area contributed by atoms with Gasteiger partial charge in [-0.15, -0.1) is 0 Å². The van der Waals surface area contributed by atoms with Crippen LogP contribution in [0.25, 0.3) is 0 Å². The van der Waals surface area contributed by atoms with E-state index in [0.29, 0.717) is 58.1 Å². The predicted molar refractivity (Wildman–Crippen MR) is 188 cm³/mol. The van der Waals surface area contributed by atoms with E-state index in [1.807, 2.05) is 0 Å². The quantitative estimate of drug-likeness (QED) is 0.0487. The molecule has 304 valence electrons. The van der Waals surface area contributed by atoms with Crippen molar-refractivity contribution in [1.29, 1.82) is 0 Å². The Bertz CT molecular complexity index is 1120. The molecule has 0 aromatic rings. The molecule has 0 heterocycles. The predicted octanol–water partition coefficient (Wildman–Crippen LogP) is 1.26. The maximum absolute atomic E-state index is 12.1. The van der Waals surface area contributed by atoms with Gasteiger partial charge in [0.1, 0.15) is 25.0 Å². The minimum absolute atomic E-state index is 0.0129. The number of nitrogens with one attached hydrogen (secondary N) is 3. The van der Waals surface area contributed by atoms with Gasteiger partial charge >= 0.3 is 17.9 Å². The van der Waals surface area contributed by atoms with E-state index in [4.69, 9.17) is 24.1 Å². The second-order valence-electron chi connectivity index (χ2n) is 12.3. The van der Waals surface area contributed by atoms with Crippen LogP contribution in [0, 0.1) is 5.92 Å². The van der Waals surface area contributed by atoms with Gasteiger partial charge in [0.15, 0.2) is 5.78 Å². The van der Waals surface area contributed by atoms with Crippen LogP contribution in [-0.2, 0) is 57.3 Å². The lowest BCUT2D eigenvalue weighted by Crippen LogP contribution is -2.42. The summed E-state index contributed by atoms with van der Waals surface area (Å²) in [5.74, 6) is -5.53. The van der Waals surface area contributed by atoms with Crippen LogP contribution in [0.15, 0.2) is 0 Å². The molecule has 0 aliphatic rings. The van der Waals surface area contributed by atoms with Crippen LogP contribution in [0.2, 0.25) is 0 Å². The molecule has 18 nitrogen and oxygen atoms in total. The molecule has 6 N–H and O–H groups in total. The van der Waals surface area contributed by atoms with E-state index < -0.39 is 35.8 Å². The molecule has 0 aromatic heterocycles. The first-order chi connectivity index (χ1) is 25.3. The number of Topliss-reactive ketones (excluding diaryl/α,β-unsaturated/α-hetero) is 2. The highest BCUT2D eigenvalue weighted by Gasteiger charge is 2.22. The summed E-state index contributed by atoms with van der Waals surface area (Å²) in [5.41, 5.74) is 0. The smallest absolute Gasteiger partial charge is 0.326 e. The topological polar surface area (TPSA) is 270 Å². The molecule has 0 rings (SSSR count). The molecule has 0 radical (unpaired) electrons. The fraction of sp³-hybridized carbons (Fsp3) is 0.771. The lowest BCUT2D eigenvalue weighted by atomic mass is 9.94. The van der Waals surface area contributed by atoms with Crippen LogP contribution in [0.4, 0.5) is 0 Å². The lowest BCUT2D eigenvalue weighted by molar-refractivity contribution is -0.144. The molecular weight excluding hydrogens is 702 g/mol. The average Bonchev–Trinajstić information content (AvgIpc) is 3.10. The Labute approximate surface area is 310 Å². The lowest BCUT2D eigenvalue weighted by Gasteiger charge is -2.14. The van der Waals surface area contributed by atoms with Crippen molar-refractivity contribution in [3.05, 3.63) is 0 Å². The second kappa shape index (κ2) is 32.6. The van der Waals surface area contributed by atoms with E-state index in [0.717, 1.165) is 0 Å². The summed E-state index contributed by atoms with van der Waals surface area (Å²) in [4.78, 5) is 92.8. The number of aliphatic carboxylic acids is 3. The molecule has 0 saturated heterocycles. The Morgan fingerprint density at radius 1 is 0.528 bits per heavy atom. The van der Waals surface area contributed by atoms with Crippen molar-refractivity contribution in [2.75, 3.05) is 65.9 Å². The summed E-state index contributed by atoms with van der Waals surface area (Å²) in [6.45, 7) is 3.09. The van der Waals surface area contributed by atoms with E-state index >= 15 is 0 Å². The number of hydrogen-bond donors (Lipinski definition) is 6. The molecule has 0 aliphatic carbocycles. The molecule has 0 fully saturated rings. The normalized spacial score (nSPS) is 12.0. The number of carboxylic acids is 3. The van der Waals surface area contributed by atoms with Crippen molar-refractivity contribution in [3.63, 3.8) is 0 Å². The average molecular weight is 762 g/mol. The van der Waals surface area contributed by atoms with E-state index in [1.165, 1.54) is 0 Å². The Morgan fingerprint density at radius 2 is 1.15 bits per heavy atom. The zero-order chi connectivity index (χ0) is 39.7. The Morgan fingerprint density at radius 3 is 1.81 bits per heavy atom. The zero-order valence-electron chi connectivity index (χ0n) is 30.9. The highest BCUT2D eigenvalue weighted by Crippen LogP contribution is 2.15. The first-order valence-electron chi connectivity index (χ1n) is 18.2. The monoisotopic (exact) mass is 761 g/mol. The van der Waals surface area contributed by atoms with Gasteiger partial charge in [-0.1, -0.05) is 13.3 Å². The van der Waals surface area contributed by atoms with Gasteiger partial charge in [-0.2, -0.15) is 0 Å². The van der Waals surface area contributed by atoms with Crippen LogP contribution in [0.3, 0.4) is 0 Å². The molecule has 0 bridgehead atoms. The number of carbonyl (C=O) groups is 8. The van der Waals surface area contributed by atoms with Gasteiger partial charge in [0.25, 0.3) is 0 Å². The van der Waals surface area contributed by atoms with Gasteiger partial charge in [-0.05, 0) is 44.9 Å². The van der Waals surface area contributed by atoms with Crippen LogP contribution in [0.1, 0.15) is 96.8 Å². The third-order valence-electron chi connectivity index (χ3n) is 7.64. The van der Waals surface area contributed by atoms with Gasteiger partial charge < -0.3 is 50.2 Å². The standard InChI is InChI=1S/C35H59N3O15/c1-2-30(41)36-15-7-6-11-29(35(48)49)38-32(43)25-53-22-19-50-17-8-10-28(40)24-52-21-20-51-18-16-37-31(42)14-13-26(34(46)47)23-27(39)9-4-3-5-12-33(44)45/h26,29H,2-25H2,1H3,(H,36,41)(H,37,42)(H,38,43)(H,44,45)(H,46,47)(H,48,49). The summed E-state index contributed by atoms with van der Waals surface area (Å²) in [7, 11) is 0. The largest absolute Gasteiger partial charge is 0.481 e. The third kappa shape index (κ3) is 31.3. The number of amides is 3. The molecule has 53 heavy (non-hydrogen) atoms. The maximum Gasteiger partial charge on any atom is 0.326 e. The molecule has 2 unspecified atom stereocenters. The number of rotatable bonds is 37.